The van der Waals surface area contributed by atoms with E-state index in [9.17, 15) is 0 Å². The molecule has 0 bridgehead atoms. The Bertz CT molecular complexity index is 397. The highest BCUT2D eigenvalue weighted by atomic mass is 27.1. The highest BCUT2D eigenvalue weighted by Gasteiger charge is 1.97. The first kappa shape index (κ1) is 7.60. The Kier molecular flexibility index (Phi) is 1.99. The number of nitrogens with zero attached hydrogens (tertiary/aromatic N) is 1. The number of benzene rings is 1. The van der Waals surface area contributed by atoms with Crippen LogP contribution in [-0.2, 0) is 0 Å². The van der Waals surface area contributed by atoms with Gasteiger partial charge >= 0.3 is 16.6 Å². The van der Waals surface area contributed by atoms with Crippen molar-refractivity contribution >= 4 is 27.5 Å². The van der Waals surface area contributed by atoms with Gasteiger partial charge in [0, 0.05) is 11.6 Å². The van der Waals surface area contributed by atoms with Gasteiger partial charge in [-0.05, 0) is 12.1 Å². The molecule has 0 saturated heterocycles. The fraction of sp³-hybridized carbons (Fsp3) is 0. The van der Waals surface area contributed by atoms with E-state index in [4.69, 9.17) is 3.79 Å². The summed E-state index contributed by atoms with van der Waals surface area (Å²) >= 11 is 2.23. The van der Waals surface area contributed by atoms with E-state index in [0.717, 1.165) is 16.7 Å². The van der Waals surface area contributed by atoms with Gasteiger partial charge in [0.1, 0.15) is 11.3 Å². The third kappa shape index (κ3) is 1.18. The van der Waals surface area contributed by atoms with Gasteiger partial charge in [-0.1, -0.05) is 18.2 Å². The minimum Gasteiger partial charge on any atom is -0.652 e. The smallest absolute Gasteiger partial charge is 0.482 e. The molecule has 0 unspecified atom stereocenters. The summed E-state index contributed by atoms with van der Waals surface area (Å²) in [5.41, 5.74) is 0.898. The number of hydrogen-bond acceptors (Lipinski definition) is 2. The lowest BCUT2D eigenvalue weighted by atomic mass is 10.2. The van der Waals surface area contributed by atoms with Crippen LogP contribution in [0.2, 0.25) is 0 Å². The van der Waals surface area contributed by atoms with Crippen LogP contribution in [0.1, 0.15) is 0 Å². The van der Waals surface area contributed by atoms with Gasteiger partial charge < -0.3 is 3.79 Å². The quantitative estimate of drug-likeness (QED) is 0.609. The maximum Gasteiger partial charge on any atom is 0.482 e. The van der Waals surface area contributed by atoms with Crippen LogP contribution in [0.5, 0.6) is 5.75 Å². The minimum atomic E-state index is 0.790. The van der Waals surface area contributed by atoms with Crippen LogP contribution in [0.25, 0.3) is 10.9 Å². The Labute approximate surface area is 78.9 Å². The summed E-state index contributed by atoms with van der Waals surface area (Å²) < 4.78 is 5.08. The van der Waals surface area contributed by atoms with Crippen LogP contribution in [0.3, 0.4) is 0 Å². The largest absolute Gasteiger partial charge is 0.652 e. The van der Waals surface area contributed by atoms with Crippen LogP contribution in [0, 0.1) is 0 Å². The molecule has 0 atom stereocenters. The Balaban J connectivity index is 2.79. The summed E-state index contributed by atoms with van der Waals surface area (Å²) in [7, 11) is 0. The maximum absolute atomic E-state index is 5.08. The van der Waals surface area contributed by atoms with Crippen LogP contribution >= 0.6 is 0 Å². The summed E-state index contributed by atoms with van der Waals surface area (Å²) in [6.07, 6.45) is 1.76. The third-order valence-corrected chi connectivity index (χ3v) is 1.98. The summed E-state index contributed by atoms with van der Waals surface area (Å²) in [6.45, 7) is 0. The molecule has 2 radical (unpaired) electrons. The molecule has 0 amide bonds. The lowest BCUT2D eigenvalue weighted by Crippen LogP contribution is -1.87. The first-order chi connectivity index (χ1) is 5.92. The summed E-state index contributed by atoms with van der Waals surface area (Å²) in [6, 6.07) is 9.77. The predicted molar refractivity (Wildman–Crippen MR) is 48.1 cm³/mol. The molecule has 3 heteroatoms. The summed E-state index contributed by atoms with van der Waals surface area (Å²) in [5, 5.41) is 1.09. The molecule has 0 aliphatic carbocycles. The van der Waals surface area contributed by atoms with E-state index in [1.807, 2.05) is 30.3 Å². The highest BCUT2D eigenvalue weighted by molar-refractivity contribution is 6.01. The van der Waals surface area contributed by atoms with Crippen molar-refractivity contribution in [1.29, 1.82) is 0 Å². The lowest BCUT2D eigenvalue weighted by Gasteiger charge is -2.04. The fourth-order valence-corrected chi connectivity index (χ4v) is 1.36. The van der Waals surface area contributed by atoms with Gasteiger partial charge in [0.25, 0.3) is 0 Å². The second-order valence-corrected chi connectivity index (χ2v) is 2.68. The van der Waals surface area contributed by atoms with Crippen LogP contribution in [0.15, 0.2) is 36.5 Å². The van der Waals surface area contributed by atoms with E-state index in [0.29, 0.717) is 0 Å². The summed E-state index contributed by atoms with van der Waals surface area (Å²) in [4.78, 5) is 4.21. The van der Waals surface area contributed by atoms with Gasteiger partial charge in [-0.2, -0.15) is 0 Å². The van der Waals surface area contributed by atoms with E-state index in [1.165, 1.54) is 0 Å². The van der Waals surface area contributed by atoms with E-state index < -0.39 is 0 Å². The maximum atomic E-state index is 5.08. The molecule has 0 fully saturated rings. The zero-order chi connectivity index (χ0) is 8.39. The molecule has 0 aliphatic heterocycles. The van der Waals surface area contributed by atoms with Crippen molar-refractivity contribution in [2.45, 2.75) is 0 Å². The normalized spacial score (nSPS) is 10.0. The Morgan fingerprint density at radius 1 is 1.17 bits per heavy atom. The molecule has 0 spiro atoms. The van der Waals surface area contributed by atoms with Crippen LogP contribution < -0.4 is 3.79 Å². The van der Waals surface area contributed by atoms with Gasteiger partial charge in [-0.15, -0.1) is 0 Å². The zero-order valence-electron chi connectivity index (χ0n) is 6.40. The van der Waals surface area contributed by atoms with Crippen LogP contribution in [0.4, 0.5) is 0 Å². The van der Waals surface area contributed by atoms with Crippen molar-refractivity contribution in [2.24, 2.45) is 0 Å². The topological polar surface area (TPSA) is 22.1 Å². The van der Waals surface area contributed by atoms with Crippen molar-refractivity contribution in [1.82, 2.24) is 4.98 Å². The van der Waals surface area contributed by atoms with E-state index in [2.05, 4.69) is 21.6 Å². The molecular weight excluding hydrogens is 165 g/mol. The van der Waals surface area contributed by atoms with E-state index in [-0.39, 0.29) is 0 Å². The van der Waals surface area contributed by atoms with Crippen molar-refractivity contribution in [3.8, 4) is 5.75 Å². The van der Waals surface area contributed by atoms with Gasteiger partial charge in [0.05, 0.1) is 0 Å². The molecule has 12 heavy (non-hydrogen) atoms. The average molecular weight is 171 g/mol. The van der Waals surface area contributed by atoms with E-state index in [1.54, 1.807) is 6.20 Å². The Morgan fingerprint density at radius 3 is 2.83 bits per heavy atom. The Hall–Kier alpha value is -1.04. The van der Waals surface area contributed by atoms with Gasteiger partial charge in [-0.25, -0.2) is 0 Å². The molecule has 0 saturated carbocycles. The standard InChI is InChI=1S/C9H7NO.Al/c11-8-5-1-3-7-4-2-6-10-9(7)8;/h1-6,11H;/q;+1/p-1. The van der Waals surface area contributed by atoms with E-state index >= 15 is 0 Å². The minimum absolute atomic E-state index is 0.790. The van der Waals surface area contributed by atoms with Crippen LogP contribution in [-0.4, -0.2) is 21.6 Å². The second-order valence-electron chi connectivity index (χ2n) is 2.45. The molecule has 0 aliphatic rings. The first-order valence-corrected chi connectivity index (χ1v) is 4.09. The molecule has 2 aromatic rings. The highest BCUT2D eigenvalue weighted by Crippen LogP contribution is 2.21. The molecular formula is C9H6AlNO. The number of hydrogen-bond donors (Lipinski definition) is 0. The van der Waals surface area contributed by atoms with Crippen molar-refractivity contribution in [2.75, 3.05) is 0 Å². The SMILES string of the molecule is [Al][O]c1cccc2cccnc12. The molecule has 56 valence electrons. The third-order valence-electron chi connectivity index (χ3n) is 1.72. The predicted octanol–water partition coefficient (Wildman–Crippen LogP) is 1.70. The molecule has 0 N–H and O–H groups in total. The molecule has 2 nitrogen and oxygen atoms in total. The number of para-hydroxylation sites is 1. The fourth-order valence-electron chi connectivity index (χ4n) is 1.17. The zero-order valence-corrected chi connectivity index (χ0v) is 7.55. The number of aromatic nitrogens is 1. The molecule has 1 heterocycles. The molecule has 1 aromatic heterocycles. The van der Waals surface area contributed by atoms with Crippen molar-refractivity contribution in [3.63, 3.8) is 0 Å². The molecule has 1 aromatic carbocycles. The number of fused-ring (bicyclic) bond motifs is 1. The van der Waals surface area contributed by atoms with Crippen molar-refractivity contribution < 1.29 is 3.79 Å². The second kappa shape index (κ2) is 3.14. The lowest BCUT2D eigenvalue weighted by molar-refractivity contribution is 0.622. The van der Waals surface area contributed by atoms with Gasteiger partial charge in [0.2, 0.25) is 0 Å². The van der Waals surface area contributed by atoms with Gasteiger partial charge in [0.15, 0.2) is 0 Å². The molecule has 2 rings (SSSR count). The monoisotopic (exact) mass is 171 g/mol. The van der Waals surface area contributed by atoms with Gasteiger partial charge in [-0.3, -0.25) is 4.98 Å². The first-order valence-electron chi connectivity index (χ1n) is 3.62. The number of rotatable bonds is 1. The van der Waals surface area contributed by atoms with Crippen molar-refractivity contribution in [3.05, 3.63) is 36.5 Å². The average Bonchev–Trinajstić information content (AvgIpc) is 2.17. The Morgan fingerprint density at radius 2 is 2.00 bits per heavy atom. The number of pyridine rings is 1. The summed E-state index contributed by atoms with van der Waals surface area (Å²) in [5.74, 6) is 0.790.